The van der Waals surface area contributed by atoms with Gasteiger partial charge in [0.2, 0.25) is 10.0 Å². The van der Waals surface area contributed by atoms with Crippen LogP contribution in [0.25, 0.3) is 0 Å². The van der Waals surface area contributed by atoms with Gasteiger partial charge in [-0.25, -0.2) is 17.5 Å². The SMILES string of the molecule is C=CCNS(=O)(=O)c1cc(C(=O)N(Cc2cnn(C)c2)C(C)C)ccc1F. The quantitative estimate of drug-likeness (QED) is 0.695. The number of sulfonamides is 1. The van der Waals surface area contributed by atoms with Crippen LogP contribution in [-0.4, -0.2) is 41.6 Å². The van der Waals surface area contributed by atoms with E-state index in [0.717, 1.165) is 17.7 Å². The Kier molecular flexibility index (Phi) is 6.50. The molecule has 0 aliphatic heterocycles. The van der Waals surface area contributed by atoms with Crippen LogP contribution in [0.3, 0.4) is 0 Å². The molecule has 1 aromatic heterocycles. The van der Waals surface area contributed by atoms with E-state index in [1.54, 1.807) is 29.0 Å². The lowest BCUT2D eigenvalue weighted by atomic mass is 10.1. The summed E-state index contributed by atoms with van der Waals surface area (Å²) in [7, 11) is -2.31. The molecule has 2 aromatic rings. The highest BCUT2D eigenvalue weighted by atomic mass is 32.2. The molecule has 0 spiro atoms. The molecule has 146 valence electrons. The number of aromatic nitrogens is 2. The molecule has 0 saturated heterocycles. The summed E-state index contributed by atoms with van der Waals surface area (Å²) in [4.78, 5) is 13.9. The van der Waals surface area contributed by atoms with Gasteiger partial charge in [0.1, 0.15) is 10.7 Å². The van der Waals surface area contributed by atoms with Crippen molar-refractivity contribution in [2.75, 3.05) is 6.54 Å². The topological polar surface area (TPSA) is 84.3 Å². The van der Waals surface area contributed by atoms with Crippen LogP contribution in [-0.2, 0) is 23.6 Å². The first-order valence-electron chi connectivity index (χ1n) is 8.34. The number of carbonyl (C=O) groups excluding carboxylic acids is 1. The van der Waals surface area contributed by atoms with Gasteiger partial charge in [0, 0.05) is 43.5 Å². The number of carbonyl (C=O) groups is 1. The Hall–Kier alpha value is -2.52. The summed E-state index contributed by atoms with van der Waals surface area (Å²) >= 11 is 0. The predicted molar refractivity (Wildman–Crippen MR) is 100 cm³/mol. The van der Waals surface area contributed by atoms with E-state index in [1.165, 1.54) is 12.1 Å². The minimum atomic E-state index is -4.09. The van der Waals surface area contributed by atoms with E-state index in [1.807, 2.05) is 13.8 Å². The zero-order valence-corrected chi connectivity index (χ0v) is 16.3. The minimum absolute atomic E-state index is 0.0426. The maximum Gasteiger partial charge on any atom is 0.254 e. The van der Waals surface area contributed by atoms with E-state index in [2.05, 4.69) is 16.4 Å². The zero-order valence-electron chi connectivity index (χ0n) is 15.5. The molecule has 0 aliphatic rings. The maximum atomic E-state index is 14.1. The summed E-state index contributed by atoms with van der Waals surface area (Å²) in [6.07, 6.45) is 4.80. The van der Waals surface area contributed by atoms with Gasteiger partial charge < -0.3 is 4.90 Å². The van der Waals surface area contributed by atoms with Crippen LogP contribution in [0.2, 0.25) is 0 Å². The molecule has 1 N–H and O–H groups in total. The first kappa shape index (κ1) is 20.8. The molecule has 9 heteroatoms. The first-order valence-corrected chi connectivity index (χ1v) is 9.82. The highest BCUT2D eigenvalue weighted by Gasteiger charge is 2.24. The molecule has 0 radical (unpaired) electrons. The molecule has 1 aromatic carbocycles. The second kappa shape index (κ2) is 8.45. The number of hydrogen-bond donors (Lipinski definition) is 1. The number of nitrogens with one attached hydrogen (secondary N) is 1. The average Bonchev–Trinajstić information content (AvgIpc) is 3.02. The lowest BCUT2D eigenvalue weighted by Gasteiger charge is -2.26. The van der Waals surface area contributed by atoms with Crippen LogP contribution in [0.1, 0.15) is 29.8 Å². The van der Waals surface area contributed by atoms with Crippen LogP contribution in [0.5, 0.6) is 0 Å². The molecular weight excluding hydrogens is 371 g/mol. The fraction of sp³-hybridized carbons (Fsp3) is 0.333. The maximum absolute atomic E-state index is 14.1. The third-order valence-corrected chi connectivity index (χ3v) is 5.32. The molecule has 2 rings (SSSR count). The third-order valence-electron chi connectivity index (χ3n) is 3.88. The van der Waals surface area contributed by atoms with Gasteiger partial charge in [0.05, 0.1) is 6.20 Å². The Morgan fingerprint density at radius 2 is 2.15 bits per heavy atom. The summed E-state index contributed by atoms with van der Waals surface area (Å²) < 4.78 is 42.4. The van der Waals surface area contributed by atoms with Crippen LogP contribution in [0, 0.1) is 5.82 Å². The first-order chi connectivity index (χ1) is 12.7. The fourth-order valence-electron chi connectivity index (χ4n) is 2.49. The van der Waals surface area contributed by atoms with Crippen molar-refractivity contribution in [2.24, 2.45) is 7.05 Å². The number of benzene rings is 1. The van der Waals surface area contributed by atoms with Gasteiger partial charge >= 0.3 is 0 Å². The molecule has 0 bridgehead atoms. The van der Waals surface area contributed by atoms with Crippen molar-refractivity contribution >= 4 is 15.9 Å². The van der Waals surface area contributed by atoms with Crippen LogP contribution >= 0.6 is 0 Å². The molecule has 0 unspecified atom stereocenters. The van der Waals surface area contributed by atoms with E-state index in [4.69, 9.17) is 0 Å². The number of halogens is 1. The van der Waals surface area contributed by atoms with Crippen LogP contribution in [0.15, 0.2) is 48.1 Å². The number of rotatable bonds is 8. The predicted octanol–water partition coefficient (Wildman–Crippen LogP) is 2.07. The van der Waals surface area contributed by atoms with Crippen LogP contribution < -0.4 is 4.72 Å². The van der Waals surface area contributed by atoms with Crippen LogP contribution in [0.4, 0.5) is 4.39 Å². The Bertz CT molecular complexity index is 938. The summed E-state index contributed by atoms with van der Waals surface area (Å²) in [5.41, 5.74) is 0.926. The van der Waals surface area contributed by atoms with Gasteiger partial charge in [0.25, 0.3) is 5.91 Å². The molecule has 0 atom stereocenters. The molecule has 7 nitrogen and oxygen atoms in total. The van der Waals surface area contributed by atoms with Gasteiger partial charge in [-0.05, 0) is 32.0 Å². The summed E-state index contributed by atoms with van der Waals surface area (Å²) in [5, 5.41) is 4.08. The lowest BCUT2D eigenvalue weighted by Crippen LogP contribution is -2.36. The molecule has 0 saturated carbocycles. The largest absolute Gasteiger partial charge is 0.332 e. The molecule has 0 fully saturated rings. The van der Waals surface area contributed by atoms with E-state index >= 15 is 0 Å². The van der Waals surface area contributed by atoms with Gasteiger partial charge in [-0.1, -0.05) is 6.08 Å². The summed E-state index contributed by atoms with van der Waals surface area (Å²) in [6, 6.07) is 3.17. The van der Waals surface area contributed by atoms with Crippen molar-refractivity contribution in [2.45, 2.75) is 31.3 Å². The Balaban J connectivity index is 2.36. The van der Waals surface area contributed by atoms with Gasteiger partial charge in [-0.2, -0.15) is 5.10 Å². The average molecular weight is 394 g/mol. The third kappa shape index (κ3) is 5.01. The van der Waals surface area contributed by atoms with Crippen molar-refractivity contribution in [3.8, 4) is 0 Å². The van der Waals surface area contributed by atoms with Gasteiger partial charge in [0.15, 0.2) is 0 Å². The van der Waals surface area contributed by atoms with Crippen molar-refractivity contribution in [3.05, 3.63) is 60.2 Å². The van der Waals surface area contributed by atoms with Crippen molar-refractivity contribution in [3.63, 3.8) is 0 Å². The zero-order chi connectivity index (χ0) is 20.2. The molecule has 1 heterocycles. The highest BCUT2D eigenvalue weighted by Crippen LogP contribution is 2.19. The normalized spacial score (nSPS) is 11.6. The molecule has 0 aliphatic carbocycles. The summed E-state index contributed by atoms with van der Waals surface area (Å²) in [6.45, 7) is 7.38. The summed E-state index contributed by atoms with van der Waals surface area (Å²) in [5.74, 6) is -1.32. The van der Waals surface area contributed by atoms with E-state index in [0.29, 0.717) is 6.54 Å². The monoisotopic (exact) mass is 394 g/mol. The number of hydrogen-bond acceptors (Lipinski definition) is 4. The Labute approximate surface area is 158 Å². The van der Waals surface area contributed by atoms with E-state index in [9.17, 15) is 17.6 Å². The van der Waals surface area contributed by atoms with Crippen molar-refractivity contribution in [1.29, 1.82) is 0 Å². The Morgan fingerprint density at radius 3 is 2.70 bits per heavy atom. The van der Waals surface area contributed by atoms with Gasteiger partial charge in [-0.15, -0.1) is 6.58 Å². The second-order valence-corrected chi connectivity index (χ2v) is 8.07. The second-order valence-electron chi connectivity index (χ2n) is 6.33. The smallest absolute Gasteiger partial charge is 0.254 e. The van der Waals surface area contributed by atoms with Crippen molar-refractivity contribution < 1.29 is 17.6 Å². The van der Waals surface area contributed by atoms with Gasteiger partial charge in [-0.3, -0.25) is 9.48 Å². The Morgan fingerprint density at radius 1 is 1.44 bits per heavy atom. The molecule has 1 amide bonds. The fourth-order valence-corrected chi connectivity index (χ4v) is 3.59. The lowest BCUT2D eigenvalue weighted by molar-refractivity contribution is 0.0690. The highest BCUT2D eigenvalue weighted by molar-refractivity contribution is 7.89. The standard InChI is InChI=1S/C18H23FN4O3S/c1-5-8-21-27(25,26)17-9-15(6-7-16(17)19)18(24)23(13(2)3)12-14-10-20-22(4)11-14/h5-7,9-11,13,21H,1,8,12H2,2-4H3. The minimum Gasteiger partial charge on any atom is -0.332 e. The van der Waals surface area contributed by atoms with E-state index in [-0.39, 0.29) is 18.2 Å². The number of aryl methyl sites for hydroxylation is 1. The number of nitrogens with zero attached hydrogens (tertiary/aromatic N) is 3. The van der Waals surface area contributed by atoms with E-state index < -0.39 is 26.6 Å². The molecular formula is C18H23FN4O3S. The molecule has 27 heavy (non-hydrogen) atoms. The number of amides is 1. The van der Waals surface area contributed by atoms with Crippen molar-refractivity contribution in [1.82, 2.24) is 19.4 Å².